The number of anilines is 3. The van der Waals surface area contributed by atoms with Crippen molar-refractivity contribution in [3.8, 4) is 56.0 Å². The van der Waals surface area contributed by atoms with Crippen LogP contribution in [0.15, 0.2) is 188 Å². The highest BCUT2D eigenvalue weighted by molar-refractivity contribution is 6.13. The van der Waals surface area contributed by atoms with Gasteiger partial charge in [-0.1, -0.05) is 146 Å². The highest BCUT2D eigenvalue weighted by Gasteiger charge is 2.29. The van der Waals surface area contributed by atoms with E-state index >= 15 is 0 Å². The molecule has 0 aliphatic carbocycles. The molecule has 0 amide bonds. The van der Waals surface area contributed by atoms with Crippen molar-refractivity contribution in [2.75, 3.05) is 4.90 Å². The second-order valence-corrected chi connectivity index (χ2v) is 12.1. The van der Waals surface area contributed by atoms with E-state index in [1.54, 1.807) is 0 Å². The van der Waals surface area contributed by atoms with Crippen LogP contribution in [0.25, 0.3) is 55.3 Å². The largest absolute Gasteiger partial charge is 0.456 e. The van der Waals surface area contributed by atoms with E-state index in [-0.39, 0.29) is 0 Å². The lowest BCUT2D eigenvalue weighted by Crippen LogP contribution is -2.13. The van der Waals surface area contributed by atoms with Gasteiger partial charge in [-0.25, -0.2) is 0 Å². The van der Waals surface area contributed by atoms with Gasteiger partial charge in [0, 0.05) is 27.9 Å². The third kappa shape index (κ3) is 4.83. The molecule has 8 aromatic carbocycles. The monoisotopic (exact) mass is 613 g/mol. The fraction of sp³-hybridized carbons (Fsp3) is 0. The van der Waals surface area contributed by atoms with E-state index in [4.69, 9.17) is 4.74 Å². The standard InChI is InChI=1S/C46H31NO/c1-4-12-32(13-5-1)34-22-27-38(28-23-34)47(39-29-24-35(25-30-39)33-14-6-2-7-15-33)41-19-11-21-43-46(41)45-40(36-16-8-3-9-17-36)31-26-37-18-10-20-42(48-43)44(37)45/h1-31H. The van der Waals surface area contributed by atoms with Gasteiger partial charge in [-0.05, 0) is 81.2 Å². The molecule has 48 heavy (non-hydrogen) atoms. The first kappa shape index (κ1) is 27.9. The zero-order valence-corrected chi connectivity index (χ0v) is 26.3. The molecule has 0 bridgehead atoms. The van der Waals surface area contributed by atoms with Crippen molar-refractivity contribution in [2.45, 2.75) is 0 Å². The zero-order valence-electron chi connectivity index (χ0n) is 26.3. The first-order chi connectivity index (χ1) is 23.8. The molecule has 1 aliphatic rings. The van der Waals surface area contributed by atoms with E-state index < -0.39 is 0 Å². The summed E-state index contributed by atoms with van der Waals surface area (Å²) in [6.45, 7) is 0. The van der Waals surface area contributed by atoms with Crippen LogP contribution in [0.4, 0.5) is 17.1 Å². The van der Waals surface area contributed by atoms with Crippen LogP contribution in [0.1, 0.15) is 0 Å². The van der Waals surface area contributed by atoms with Crippen LogP contribution in [0.5, 0.6) is 11.5 Å². The summed E-state index contributed by atoms with van der Waals surface area (Å²) in [5, 5.41) is 2.30. The predicted octanol–water partition coefficient (Wildman–Crippen LogP) is 13.1. The minimum absolute atomic E-state index is 0.850. The average Bonchev–Trinajstić information content (AvgIpc) is 3.17. The Morgan fingerprint density at radius 1 is 0.333 bits per heavy atom. The maximum Gasteiger partial charge on any atom is 0.137 e. The molecule has 1 heterocycles. The summed E-state index contributed by atoms with van der Waals surface area (Å²) in [6.07, 6.45) is 0. The van der Waals surface area contributed by atoms with Crippen LogP contribution in [-0.2, 0) is 0 Å². The van der Waals surface area contributed by atoms with Gasteiger partial charge in [-0.15, -0.1) is 0 Å². The molecule has 226 valence electrons. The van der Waals surface area contributed by atoms with E-state index in [0.29, 0.717) is 0 Å². The lowest BCUT2D eigenvalue weighted by atomic mass is 9.86. The van der Waals surface area contributed by atoms with Gasteiger partial charge in [-0.2, -0.15) is 0 Å². The third-order valence-electron chi connectivity index (χ3n) is 9.27. The molecule has 0 atom stereocenters. The van der Waals surface area contributed by atoms with Crippen LogP contribution in [-0.4, -0.2) is 0 Å². The van der Waals surface area contributed by atoms with Gasteiger partial charge in [0.15, 0.2) is 0 Å². The molecule has 0 unspecified atom stereocenters. The highest BCUT2D eigenvalue weighted by atomic mass is 16.5. The SMILES string of the molecule is c1ccc(-c2ccc(N(c3ccc(-c4ccccc4)cc3)c3cccc4c3-c3c(-c5ccccc5)ccc5cccc(c35)O4)cc2)cc1. The van der Waals surface area contributed by atoms with Crippen LogP contribution in [0.2, 0.25) is 0 Å². The van der Waals surface area contributed by atoms with Gasteiger partial charge >= 0.3 is 0 Å². The van der Waals surface area contributed by atoms with Crippen LogP contribution in [0, 0.1) is 0 Å². The van der Waals surface area contributed by atoms with Gasteiger partial charge in [0.25, 0.3) is 0 Å². The summed E-state index contributed by atoms with van der Waals surface area (Å²) in [5.74, 6) is 1.73. The van der Waals surface area contributed by atoms with E-state index in [2.05, 4.69) is 193 Å². The van der Waals surface area contributed by atoms with E-state index in [1.165, 1.54) is 38.9 Å². The summed E-state index contributed by atoms with van der Waals surface area (Å²) in [6, 6.07) is 66.8. The Morgan fingerprint density at radius 3 is 1.42 bits per heavy atom. The van der Waals surface area contributed by atoms with Crippen molar-refractivity contribution < 1.29 is 4.74 Å². The van der Waals surface area contributed by atoms with E-state index in [0.717, 1.165) is 44.9 Å². The van der Waals surface area contributed by atoms with Crippen molar-refractivity contribution in [1.29, 1.82) is 0 Å². The number of nitrogens with zero attached hydrogens (tertiary/aromatic N) is 1. The summed E-state index contributed by atoms with van der Waals surface area (Å²) >= 11 is 0. The van der Waals surface area contributed by atoms with Gasteiger partial charge < -0.3 is 9.64 Å². The molecule has 2 heteroatoms. The second kappa shape index (κ2) is 11.8. The molecular formula is C46H31NO. The maximum absolute atomic E-state index is 6.73. The number of benzene rings is 8. The van der Waals surface area contributed by atoms with Crippen molar-refractivity contribution in [3.05, 3.63) is 188 Å². The molecule has 8 aromatic rings. The summed E-state index contributed by atoms with van der Waals surface area (Å²) in [7, 11) is 0. The van der Waals surface area contributed by atoms with Gasteiger partial charge in [0.2, 0.25) is 0 Å². The summed E-state index contributed by atoms with van der Waals surface area (Å²) in [4.78, 5) is 2.37. The molecule has 1 aliphatic heterocycles. The molecule has 0 N–H and O–H groups in total. The molecule has 0 radical (unpaired) electrons. The predicted molar refractivity (Wildman–Crippen MR) is 200 cm³/mol. The number of hydrogen-bond acceptors (Lipinski definition) is 2. The first-order valence-electron chi connectivity index (χ1n) is 16.4. The first-order valence-corrected chi connectivity index (χ1v) is 16.4. The molecule has 0 aromatic heterocycles. The fourth-order valence-electron chi connectivity index (χ4n) is 7.00. The summed E-state index contributed by atoms with van der Waals surface area (Å²) in [5.41, 5.74) is 12.6. The van der Waals surface area contributed by atoms with Gasteiger partial charge in [0.05, 0.1) is 5.69 Å². The number of fused-ring (bicyclic) bond motifs is 2. The highest BCUT2D eigenvalue weighted by Crippen LogP contribution is 2.55. The minimum Gasteiger partial charge on any atom is -0.456 e. The van der Waals surface area contributed by atoms with Gasteiger partial charge in [0.1, 0.15) is 11.5 Å². The van der Waals surface area contributed by atoms with Crippen molar-refractivity contribution in [1.82, 2.24) is 0 Å². The molecular weight excluding hydrogens is 583 g/mol. The molecule has 0 spiro atoms. The van der Waals surface area contributed by atoms with Crippen LogP contribution >= 0.6 is 0 Å². The van der Waals surface area contributed by atoms with Crippen LogP contribution in [0.3, 0.4) is 0 Å². The lowest BCUT2D eigenvalue weighted by Gasteiger charge is -2.32. The second-order valence-electron chi connectivity index (χ2n) is 12.1. The van der Waals surface area contributed by atoms with Crippen molar-refractivity contribution >= 4 is 27.8 Å². The number of rotatable bonds is 6. The molecule has 2 nitrogen and oxygen atoms in total. The Morgan fingerprint density at radius 2 is 0.833 bits per heavy atom. The van der Waals surface area contributed by atoms with E-state index in [1.807, 2.05) is 0 Å². The third-order valence-corrected chi connectivity index (χ3v) is 9.27. The molecule has 9 rings (SSSR count). The Kier molecular flexibility index (Phi) is 6.84. The van der Waals surface area contributed by atoms with Crippen molar-refractivity contribution in [2.24, 2.45) is 0 Å². The average molecular weight is 614 g/mol. The van der Waals surface area contributed by atoms with Gasteiger partial charge in [-0.3, -0.25) is 0 Å². The topological polar surface area (TPSA) is 12.5 Å². The Bertz CT molecular complexity index is 2300. The Hall–Kier alpha value is -6.38. The molecule has 0 fully saturated rings. The zero-order chi connectivity index (χ0) is 31.9. The number of hydrogen-bond donors (Lipinski definition) is 0. The quantitative estimate of drug-likeness (QED) is 0.185. The Balaban J connectivity index is 1.28. The Labute approximate surface area is 280 Å². The molecule has 0 saturated carbocycles. The number of ether oxygens (including phenoxy) is 1. The van der Waals surface area contributed by atoms with Crippen LogP contribution < -0.4 is 9.64 Å². The molecule has 0 saturated heterocycles. The van der Waals surface area contributed by atoms with Crippen molar-refractivity contribution in [3.63, 3.8) is 0 Å². The minimum atomic E-state index is 0.850. The lowest BCUT2D eigenvalue weighted by molar-refractivity contribution is 0.487. The van der Waals surface area contributed by atoms with E-state index in [9.17, 15) is 0 Å². The summed E-state index contributed by atoms with van der Waals surface area (Å²) < 4.78 is 6.73. The maximum atomic E-state index is 6.73. The smallest absolute Gasteiger partial charge is 0.137 e. The fourth-order valence-corrected chi connectivity index (χ4v) is 7.00. The normalized spacial score (nSPS) is 11.5.